The first-order valence-electron chi connectivity index (χ1n) is 4.76. The van der Waals surface area contributed by atoms with Gasteiger partial charge in [-0.2, -0.15) is 0 Å². The summed E-state index contributed by atoms with van der Waals surface area (Å²) in [6.07, 6.45) is 2.63. The highest BCUT2D eigenvalue weighted by atomic mass is 32.1. The normalized spacial score (nSPS) is 10.3. The van der Waals surface area contributed by atoms with E-state index in [1.165, 1.54) is 18.6 Å². The van der Waals surface area contributed by atoms with Crippen LogP contribution in [0.5, 0.6) is 5.75 Å². The summed E-state index contributed by atoms with van der Waals surface area (Å²) in [6, 6.07) is 1.50. The van der Waals surface area contributed by atoms with Crippen LogP contribution in [-0.4, -0.2) is 29.3 Å². The van der Waals surface area contributed by atoms with Crippen molar-refractivity contribution in [2.75, 3.05) is 7.11 Å². The highest BCUT2D eigenvalue weighted by molar-refractivity contribution is 7.16. The molecule has 0 saturated heterocycles. The van der Waals surface area contributed by atoms with Gasteiger partial charge in [-0.25, -0.2) is 9.59 Å². The second kappa shape index (κ2) is 4.53. The number of hydrogen-bond acceptors (Lipinski definition) is 6. The SMILES string of the molecule is COC(=O)c1sc(C(=O)O)c(-c2ccoc2)c1O. The Hall–Kier alpha value is -2.28. The zero-order valence-electron chi connectivity index (χ0n) is 9.17. The Morgan fingerprint density at radius 1 is 1.39 bits per heavy atom. The second-order valence-corrected chi connectivity index (χ2v) is 4.31. The Morgan fingerprint density at radius 3 is 2.61 bits per heavy atom. The van der Waals surface area contributed by atoms with Gasteiger partial charge in [-0.05, 0) is 6.07 Å². The van der Waals surface area contributed by atoms with Crippen LogP contribution in [0.4, 0.5) is 0 Å². The number of esters is 1. The topological polar surface area (TPSA) is 97.0 Å². The van der Waals surface area contributed by atoms with Crippen molar-refractivity contribution < 1.29 is 29.0 Å². The van der Waals surface area contributed by atoms with Gasteiger partial charge in [0.15, 0.2) is 4.88 Å². The molecule has 0 bridgehead atoms. The highest BCUT2D eigenvalue weighted by Gasteiger charge is 2.27. The third-order valence-corrected chi connectivity index (χ3v) is 3.40. The van der Waals surface area contributed by atoms with Crippen LogP contribution in [0.2, 0.25) is 0 Å². The van der Waals surface area contributed by atoms with Crippen LogP contribution in [0.3, 0.4) is 0 Å². The van der Waals surface area contributed by atoms with Crippen molar-refractivity contribution in [1.29, 1.82) is 0 Å². The molecule has 0 aromatic carbocycles. The molecule has 2 rings (SSSR count). The highest BCUT2D eigenvalue weighted by Crippen LogP contribution is 2.42. The van der Waals surface area contributed by atoms with E-state index in [4.69, 9.17) is 9.52 Å². The molecule has 0 aliphatic rings. The number of aromatic hydroxyl groups is 1. The molecule has 6 nitrogen and oxygen atoms in total. The lowest BCUT2D eigenvalue weighted by atomic mass is 10.1. The maximum absolute atomic E-state index is 11.4. The first kappa shape index (κ1) is 12.2. The molecule has 18 heavy (non-hydrogen) atoms. The minimum absolute atomic E-state index is 0.0571. The summed E-state index contributed by atoms with van der Waals surface area (Å²) >= 11 is 0.659. The number of ether oxygens (including phenoxy) is 1. The number of carbonyl (C=O) groups is 2. The molecule has 7 heteroatoms. The van der Waals surface area contributed by atoms with Crippen molar-refractivity contribution >= 4 is 23.3 Å². The average Bonchev–Trinajstić information content (AvgIpc) is 2.94. The average molecular weight is 268 g/mol. The maximum Gasteiger partial charge on any atom is 0.351 e. The second-order valence-electron chi connectivity index (χ2n) is 3.29. The number of carbonyl (C=O) groups excluding carboxylic acids is 1. The Labute approximate surface area is 105 Å². The van der Waals surface area contributed by atoms with E-state index < -0.39 is 17.7 Å². The summed E-state index contributed by atoms with van der Waals surface area (Å²) in [6.45, 7) is 0. The summed E-state index contributed by atoms with van der Waals surface area (Å²) in [4.78, 5) is 22.2. The molecule has 2 N–H and O–H groups in total. The van der Waals surface area contributed by atoms with Gasteiger partial charge in [0.05, 0.1) is 25.2 Å². The van der Waals surface area contributed by atoms with Crippen molar-refractivity contribution in [1.82, 2.24) is 0 Å². The molecule has 2 aromatic heterocycles. The summed E-state index contributed by atoms with van der Waals surface area (Å²) < 4.78 is 9.32. The van der Waals surface area contributed by atoms with Gasteiger partial charge in [-0.3, -0.25) is 0 Å². The maximum atomic E-state index is 11.4. The fourth-order valence-electron chi connectivity index (χ4n) is 1.48. The summed E-state index contributed by atoms with van der Waals surface area (Å²) in [5.41, 5.74) is 0.443. The first-order chi connectivity index (χ1) is 8.56. The molecule has 94 valence electrons. The van der Waals surface area contributed by atoms with Crippen LogP contribution in [0.1, 0.15) is 19.3 Å². The molecule has 2 heterocycles. The molecule has 0 aliphatic heterocycles. The van der Waals surface area contributed by atoms with Crippen molar-refractivity contribution in [3.63, 3.8) is 0 Å². The molecule has 0 amide bonds. The number of aromatic carboxylic acids is 1. The van der Waals surface area contributed by atoms with Crippen molar-refractivity contribution in [3.05, 3.63) is 28.3 Å². The predicted octanol–water partition coefficient (Wildman–Crippen LogP) is 2.20. The zero-order chi connectivity index (χ0) is 13.3. The van der Waals surface area contributed by atoms with E-state index in [9.17, 15) is 14.7 Å². The number of carboxylic acid groups (broad SMARTS) is 1. The van der Waals surface area contributed by atoms with Gasteiger partial charge in [-0.15, -0.1) is 11.3 Å². The van der Waals surface area contributed by atoms with Gasteiger partial charge < -0.3 is 19.4 Å². The molecule has 0 spiro atoms. The van der Waals surface area contributed by atoms with E-state index in [2.05, 4.69) is 4.74 Å². The number of thiophene rings is 1. The Kier molecular flexibility index (Phi) is 3.07. The van der Waals surface area contributed by atoms with Gasteiger partial charge in [0.2, 0.25) is 0 Å². The van der Waals surface area contributed by atoms with Crippen molar-refractivity contribution in [2.24, 2.45) is 0 Å². The molecule has 0 atom stereocenters. The fraction of sp³-hybridized carbons (Fsp3) is 0.0909. The van der Waals surface area contributed by atoms with Crippen LogP contribution < -0.4 is 0 Å². The minimum atomic E-state index is -1.23. The molecule has 0 saturated carbocycles. The minimum Gasteiger partial charge on any atom is -0.505 e. The van der Waals surface area contributed by atoms with Crippen LogP contribution in [0.15, 0.2) is 23.0 Å². The fourth-order valence-corrected chi connectivity index (χ4v) is 2.45. The van der Waals surface area contributed by atoms with Gasteiger partial charge >= 0.3 is 11.9 Å². The first-order valence-corrected chi connectivity index (χ1v) is 5.57. The zero-order valence-corrected chi connectivity index (χ0v) is 9.98. The predicted molar refractivity (Wildman–Crippen MR) is 62.0 cm³/mol. The van der Waals surface area contributed by atoms with E-state index in [1.54, 1.807) is 0 Å². The summed E-state index contributed by atoms with van der Waals surface area (Å²) in [5, 5.41) is 19.0. The molecule has 0 radical (unpaired) electrons. The van der Waals surface area contributed by atoms with Gasteiger partial charge in [-0.1, -0.05) is 0 Å². The summed E-state index contributed by atoms with van der Waals surface area (Å²) in [7, 11) is 1.15. The quantitative estimate of drug-likeness (QED) is 0.828. The number of furan rings is 1. The van der Waals surface area contributed by atoms with E-state index in [-0.39, 0.29) is 15.3 Å². The standard InChI is InChI=1S/C11H8O6S/c1-16-11(15)9-7(12)6(5-2-3-17-4-5)8(18-9)10(13)14/h2-4,12H,1H3,(H,13,14). The van der Waals surface area contributed by atoms with Crippen LogP contribution in [0.25, 0.3) is 11.1 Å². The van der Waals surface area contributed by atoms with E-state index in [0.717, 1.165) is 7.11 Å². The lowest BCUT2D eigenvalue weighted by Crippen LogP contribution is -1.97. The summed E-state index contributed by atoms with van der Waals surface area (Å²) in [5.74, 6) is -2.43. The van der Waals surface area contributed by atoms with E-state index in [0.29, 0.717) is 16.9 Å². The lowest BCUT2D eigenvalue weighted by Gasteiger charge is -1.98. The van der Waals surface area contributed by atoms with Gasteiger partial charge in [0.25, 0.3) is 0 Å². The van der Waals surface area contributed by atoms with E-state index in [1.807, 2.05) is 0 Å². The smallest absolute Gasteiger partial charge is 0.351 e. The monoisotopic (exact) mass is 268 g/mol. The molecule has 0 fully saturated rings. The third kappa shape index (κ3) is 1.84. The molecule has 0 unspecified atom stereocenters. The molecule has 0 aliphatic carbocycles. The Morgan fingerprint density at radius 2 is 2.11 bits per heavy atom. The Balaban J connectivity index is 2.67. The number of rotatable bonds is 3. The largest absolute Gasteiger partial charge is 0.505 e. The molecular formula is C11H8O6S. The number of hydrogen-bond donors (Lipinski definition) is 2. The molecule has 2 aromatic rings. The van der Waals surface area contributed by atoms with Gasteiger partial charge in [0, 0.05) is 5.56 Å². The number of methoxy groups -OCH3 is 1. The van der Waals surface area contributed by atoms with Crippen LogP contribution >= 0.6 is 11.3 Å². The van der Waals surface area contributed by atoms with Crippen LogP contribution in [0, 0.1) is 0 Å². The Bertz CT molecular complexity index is 595. The third-order valence-electron chi connectivity index (χ3n) is 2.26. The lowest BCUT2D eigenvalue weighted by molar-refractivity contribution is 0.0602. The van der Waals surface area contributed by atoms with Crippen molar-refractivity contribution in [3.8, 4) is 16.9 Å². The number of carboxylic acids is 1. The van der Waals surface area contributed by atoms with E-state index >= 15 is 0 Å². The van der Waals surface area contributed by atoms with Gasteiger partial charge in [0.1, 0.15) is 10.6 Å². The van der Waals surface area contributed by atoms with Crippen LogP contribution in [-0.2, 0) is 4.74 Å². The van der Waals surface area contributed by atoms with Crippen molar-refractivity contribution in [2.45, 2.75) is 0 Å². The molecular weight excluding hydrogens is 260 g/mol.